The Balaban J connectivity index is 3.08. The summed E-state index contributed by atoms with van der Waals surface area (Å²) >= 11 is 8.53. The van der Waals surface area contributed by atoms with E-state index in [1.807, 2.05) is 0 Å². The highest BCUT2D eigenvalue weighted by Gasteiger charge is 2.19. The smallest absolute Gasteiger partial charge is 0.264 e. The first-order chi connectivity index (χ1) is 8.25. The van der Waals surface area contributed by atoms with Gasteiger partial charge in [0.2, 0.25) is 0 Å². The molecule has 1 rings (SSSR count). The molecule has 0 N–H and O–H groups in total. The van der Waals surface area contributed by atoms with Gasteiger partial charge in [0.1, 0.15) is 23.1 Å². The Morgan fingerprint density at radius 2 is 2.17 bits per heavy atom. The van der Waals surface area contributed by atoms with Crippen molar-refractivity contribution in [2.45, 2.75) is 11.8 Å². The summed E-state index contributed by atoms with van der Waals surface area (Å²) in [6.07, 6.45) is 0. The van der Waals surface area contributed by atoms with E-state index in [1.165, 1.54) is 5.54 Å². The molecule has 0 aromatic heterocycles. The molecule has 8 heteroatoms. The van der Waals surface area contributed by atoms with Crippen LogP contribution in [-0.4, -0.2) is 15.0 Å². The number of halogens is 4. The zero-order valence-electron chi connectivity index (χ0n) is 9.08. The fourth-order valence-electron chi connectivity index (χ4n) is 1.03. The number of hydrogen-bond acceptors (Lipinski definition) is 3. The third-order valence-corrected chi connectivity index (χ3v) is 4.22. The summed E-state index contributed by atoms with van der Waals surface area (Å²) in [7, 11) is 0.953. The molecular weight excluding hydrogens is 370 g/mol. The average Bonchev–Trinajstić information content (AvgIpc) is 2.27. The lowest BCUT2D eigenvalue weighted by Crippen LogP contribution is -2.02. The van der Waals surface area contributed by atoms with Crippen LogP contribution in [0.3, 0.4) is 0 Å². The normalized spacial score (nSPS) is 12.6. The molecule has 1 aromatic rings. The van der Waals surface area contributed by atoms with E-state index in [1.54, 1.807) is 6.92 Å². The molecule has 0 saturated heterocycles. The lowest BCUT2D eigenvalue weighted by atomic mass is 10.3. The van der Waals surface area contributed by atoms with Gasteiger partial charge < -0.3 is 4.74 Å². The van der Waals surface area contributed by atoms with Crippen molar-refractivity contribution in [3.05, 3.63) is 33.5 Å². The second-order valence-corrected chi connectivity index (χ2v) is 7.00. The van der Waals surface area contributed by atoms with Crippen LogP contribution in [0.4, 0.5) is 4.39 Å². The molecule has 0 unspecified atom stereocenters. The van der Waals surface area contributed by atoms with Gasteiger partial charge >= 0.3 is 0 Å². The molecule has 18 heavy (non-hydrogen) atoms. The van der Waals surface area contributed by atoms with Crippen LogP contribution in [0, 0.1) is 5.82 Å². The molecule has 1 aromatic carbocycles. The quantitative estimate of drug-likeness (QED) is 0.743. The van der Waals surface area contributed by atoms with Crippen molar-refractivity contribution >= 4 is 47.3 Å². The Morgan fingerprint density at radius 1 is 1.56 bits per heavy atom. The maximum absolute atomic E-state index is 13.5. The van der Waals surface area contributed by atoms with Gasteiger partial charge in [-0.25, -0.2) is 12.8 Å². The minimum Gasteiger partial charge on any atom is -0.488 e. The van der Waals surface area contributed by atoms with Crippen molar-refractivity contribution in [3.63, 3.8) is 0 Å². The van der Waals surface area contributed by atoms with Gasteiger partial charge in [0.25, 0.3) is 9.05 Å². The van der Waals surface area contributed by atoms with E-state index in [2.05, 4.69) is 15.9 Å². The number of benzene rings is 1. The van der Waals surface area contributed by atoms with Crippen molar-refractivity contribution in [1.29, 1.82) is 0 Å². The standard InChI is InChI=1S/C10H8BrCl2FO3S/c1-6(4-12)5-17-9-3-8(14)10(2-7(9)11)18(13,15)16/h2-4H,5H2,1H3/b6-4-. The first-order valence-electron chi connectivity index (χ1n) is 4.58. The lowest BCUT2D eigenvalue weighted by Gasteiger charge is -2.09. The van der Waals surface area contributed by atoms with Crippen molar-refractivity contribution < 1.29 is 17.5 Å². The number of hydrogen-bond donors (Lipinski definition) is 0. The van der Waals surface area contributed by atoms with Crippen molar-refractivity contribution in [2.24, 2.45) is 0 Å². The lowest BCUT2D eigenvalue weighted by molar-refractivity contribution is 0.347. The van der Waals surface area contributed by atoms with Crippen LogP contribution in [-0.2, 0) is 9.05 Å². The molecule has 0 aliphatic heterocycles. The molecule has 0 radical (unpaired) electrons. The fraction of sp³-hybridized carbons (Fsp3) is 0.200. The van der Waals surface area contributed by atoms with Crippen LogP contribution >= 0.6 is 38.2 Å². The van der Waals surface area contributed by atoms with Crippen molar-refractivity contribution in [1.82, 2.24) is 0 Å². The van der Waals surface area contributed by atoms with Crippen molar-refractivity contribution in [3.8, 4) is 5.75 Å². The first-order valence-corrected chi connectivity index (χ1v) is 8.12. The Labute approximate surface area is 122 Å². The van der Waals surface area contributed by atoms with Gasteiger partial charge in [-0.1, -0.05) is 11.6 Å². The third kappa shape index (κ3) is 4.12. The summed E-state index contributed by atoms with van der Waals surface area (Å²) in [6.45, 7) is 1.89. The molecule has 0 atom stereocenters. The average molecular weight is 378 g/mol. The highest BCUT2D eigenvalue weighted by Crippen LogP contribution is 2.31. The molecule has 0 saturated carbocycles. The predicted octanol–water partition coefficient (Wildman–Crippen LogP) is 4.04. The Hall–Kier alpha value is -0.300. The molecule has 100 valence electrons. The minimum absolute atomic E-state index is 0.161. The molecule has 0 aliphatic rings. The van der Waals surface area contributed by atoms with Crippen LogP contribution < -0.4 is 4.74 Å². The molecule has 0 fully saturated rings. The molecular formula is C10H8BrCl2FO3S. The SMILES string of the molecule is C/C(=C/Cl)COc1cc(F)c(S(=O)(=O)Cl)cc1Br. The summed E-state index contributed by atoms with van der Waals surface area (Å²) in [5.41, 5.74) is 2.07. The summed E-state index contributed by atoms with van der Waals surface area (Å²) in [5, 5.41) is 0. The van der Waals surface area contributed by atoms with E-state index in [0.29, 0.717) is 0 Å². The van der Waals surface area contributed by atoms with E-state index < -0.39 is 19.8 Å². The summed E-state index contributed by atoms with van der Waals surface area (Å²) in [6, 6.07) is 1.99. The topological polar surface area (TPSA) is 43.4 Å². The largest absolute Gasteiger partial charge is 0.488 e. The number of ether oxygens (including phenoxy) is 1. The van der Waals surface area contributed by atoms with Crippen LogP contribution in [0.5, 0.6) is 5.75 Å². The van der Waals surface area contributed by atoms with Gasteiger partial charge in [0.15, 0.2) is 0 Å². The van der Waals surface area contributed by atoms with Gasteiger partial charge in [-0.2, -0.15) is 0 Å². The van der Waals surface area contributed by atoms with E-state index in [9.17, 15) is 12.8 Å². The predicted molar refractivity (Wildman–Crippen MR) is 72.2 cm³/mol. The minimum atomic E-state index is -4.13. The van der Waals surface area contributed by atoms with Crippen LogP contribution in [0.2, 0.25) is 0 Å². The molecule has 3 nitrogen and oxygen atoms in total. The van der Waals surface area contributed by atoms with Gasteiger partial charge in [-0.15, -0.1) is 0 Å². The Kier molecular flexibility index (Phi) is 5.46. The van der Waals surface area contributed by atoms with Gasteiger partial charge in [-0.05, 0) is 34.5 Å². The van der Waals surface area contributed by atoms with Crippen LogP contribution in [0.15, 0.2) is 32.6 Å². The molecule has 0 bridgehead atoms. The van der Waals surface area contributed by atoms with Crippen LogP contribution in [0.1, 0.15) is 6.92 Å². The summed E-state index contributed by atoms with van der Waals surface area (Å²) in [4.78, 5) is -0.604. The van der Waals surface area contributed by atoms with Gasteiger partial charge in [0.05, 0.1) is 4.47 Å². The maximum atomic E-state index is 13.5. The second kappa shape index (κ2) is 6.23. The van der Waals surface area contributed by atoms with Crippen molar-refractivity contribution in [2.75, 3.05) is 6.61 Å². The number of rotatable bonds is 4. The third-order valence-electron chi connectivity index (χ3n) is 1.89. The fourth-order valence-corrected chi connectivity index (χ4v) is 2.61. The van der Waals surface area contributed by atoms with Gasteiger partial charge in [0, 0.05) is 22.3 Å². The monoisotopic (exact) mass is 376 g/mol. The highest BCUT2D eigenvalue weighted by atomic mass is 79.9. The second-order valence-electron chi connectivity index (χ2n) is 3.40. The van der Waals surface area contributed by atoms with Crippen LogP contribution in [0.25, 0.3) is 0 Å². The molecule has 0 amide bonds. The summed E-state index contributed by atoms with van der Waals surface area (Å²) < 4.78 is 41.2. The Morgan fingerprint density at radius 3 is 2.67 bits per heavy atom. The molecule has 0 spiro atoms. The highest BCUT2D eigenvalue weighted by molar-refractivity contribution is 9.10. The van der Waals surface area contributed by atoms with E-state index in [-0.39, 0.29) is 16.8 Å². The zero-order chi connectivity index (χ0) is 13.9. The molecule has 0 aliphatic carbocycles. The van der Waals surface area contributed by atoms with Gasteiger partial charge in [-0.3, -0.25) is 0 Å². The Bertz CT molecular complexity index is 587. The molecule has 0 heterocycles. The zero-order valence-corrected chi connectivity index (χ0v) is 13.0. The maximum Gasteiger partial charge on any atom is 0.264 e. The van der Waals surface area contributed by atoms with E-state index >= 15 is 0 Å². The first kappa shape index (κ1) is 15.8. The van der Waals surface area contributed by atoms with E-state index in [0.717, 1.165) is 17.7 Å². The van der Waals surface area contributed by atoms with E-state index in [4.69, 9.17) is 27.0 Å². The summed E-state index contributed by atoms with van der Waals surface area (Å²) in [5.74, 6) is -0.815.